The quantitative estimate of drug-likeness (QED) is 0.404. The van der Waals surface area contributed by atoms with Gasteiger partial charge in [-0.3, -0.25) is 9.69 Å². The van der Waals surface area contributed by atoms with Crippen molar-refractivity contribution in [2.24, 2.45) is 5.73 Å². The van der Waals surface area contributed by atoms with Crippen LogP contribution in [0.15, 0.2) is 103 Å². The standard InChI is InChI=1S/C29H27N3O2/c30-28(33)23-14-17-27(31-20-23)34-26-15-12-22(13-16-26)21-32-19-7-18-29(32,24-8-3-1-4-9-24)25-10-5-2-6-11-25/h1-6,8-17,20H,7,18-19,21H2,(H2,30,33). The highest BCUT2D eigenvalue weighted by molar-refractivity contribution is 5.92. The predicted octanol–water partition coefficient (Wildman–Crippen LogP) is 5.51. The van der Waals surface area contributed by atoms with Gasteiger partial charge in [-0.15, -0.1) is 0 Å². The molecule has 5 nitrogen and oxygen atoms in total. The van der Waals surface area contributed by atoms with Gasteiger partial charge in [0, 0.05) is 18.8 Å². The number of hydrogen-bond donors (Lipinski definition) is 1. The van der Waals surface area contributed by atoms with E-state index < -0.39 is 5.91 Å². The maximum Gasteiger partial charge on any atom is 0.250 e. The van der Waals surface area contributed by atoms with Crippen LogP contribution in [0.3, 0.4) is 0 Å². The monoisotopic (exact) mass is 449 g/mol. The van der Waals surface area contributed by atoms with Gasteiger partial charge in [0.25, 0.3) is 0 Å². The number of benzene rings is 3. The molecule has 0 aliphatic carbocycles. The van der Waals surface area contributed by atoms with Gasteiger partial charge in [-0.05, 0) is 54.3 Å². The molecule has 0 saturated carbocycles. The maximum atomic E-state index is 11.2. The third-order valence-corrected chi connectivity index (χ3v) is 6.55. The molecule has 1 aromatic heterocycles. The highest BCUT2D eigenvalue weighted by Crippen LogP contribution is 2.45. The molecule has 0 unspecified atom stereocenters. The Labute approximate surface area is 199 Å². The number of carbonyl (C=O) groups excluding carboxylic acids is 1. The van der Waals surface area contributed by atoms with Crippen molar-refractivity contribution in [1.82, 2.24) is 9.88 Å². The number of amides is 1. The molecule has 1 fully saturated rings. The fourth-order valence-corrected chi connectivity index (χ4v) is 4.93. The Morgan fingerprint density at radius 1 is 0.882 bits per heavy atom. The predicted molar refractivity (Wildman–Crippen MR) is 133 cm³/mol. The number of rotatable bonds is 7. The first-order chi connectivity index (χ1) is 16.6. The zero-order valence-corrected chi connectivity index (χ0v) is 18.9. The molecule has 4 aromatic rings. The first-order valence-electron chi connectivity index (χ1n) is 11.5. The number of pyridine rings is 1. The molecule has 1 aliphatic rings. The van der Waals surface area contributed by atoms with E-state index in [9.17, 15) is 4.79 Å². The third kappa shape index (κ3) is 4.30. The number of carbonyl (C=O) groups is 1. The molecule has 0 radical (unpaired) electrons. The number of nitrogens with zero attached hydrogens (tertiary/aromatic N) is 2. The van der Waals surface area contributed by atoms with E-state index in [1.165, 1.54) is 22.9 Å². The summed E-state index contributed by atoms with van der Waals surface area (Å²) in [5.74, 6) is 0.610. The van der Waals surface area contributed by atoms with E-state index in [2.05, 4.69) is 82.7 Å². The van der Waals surface area contributed by atoms with Gasteiger partial charge in [0.1, 0.15) is 5.75 Å². The van der Waals surface area contributed by atoms with Crippen LogP contribution in [0.1, 0.15) is 39.9 Å². The van der Waals surface area contributed by atoms with Gasteiger partial charge in [-0.25, -0.2) is 4.98 Å². The molecule has 0 atom stereocenters. The molecule has 5 rings (SSSR count). The van der Waals surface area contributed by atoms with Crippen molar-refractivity contribution in [2.75, 3.05) is 6.54 Å². The van der Waals surface area contributed by atoms with Gasteiger partial charge in [-0.1, -0.05) is 72.8 Å². The first-order valence-corrected chi connectivity index (χ1v) is 11.5. The third-order valence-electron chi connectivity index (χ3n) is 6.55. The number of ether oxygens (including phenoxy) is 1. The summed E-state index contributed by atoms with van der Waals surface area (Å²) < 4.78 is 5.84. The van der Waals surface area contributed by atoms with E-state index in [0.717, 1.165) is 25.9 Å². The first kappa shape index (κ1) is 21.9. The van der Waals surface area contributed by atoms with Crippen molar-refractivity contribution in [3.05, 3.63) is 126 Å². The lowest BCUT2D eigenvalue weighted by atomic mass is 9.80. The Kier molecular flexibility index (Phi) is 6.11. The fraction of sp³-hybridized carbons (Fsp3) is 0.172. The van der Waals surface area contributed by atoms with E-state index in [1.807, 2.05) is 12.1 Å². The van der Waals surface area contributed by atoms with Crippen LogP contribution in [-0.2, 0) is 12.1 Å². The van der Waals surface area contributed by atoms with Crippen LogP contribution in [0.25, 0.3) is 0 Å². The molecular formula is C29H27N3O2. The van der Waals surface area contributed by atoms with Crippen molar-refractivity contribution >= 4 is 5.91 Å². The molecular weight excluding hydrogens is 422 g/mol. The van der Waals surface area contributed by atoms with Crippen LogP contribution in [0.2, 0.25) is 0 Å². The van der Waals surface area contributed by atoms with Crippen molar-refractivity contribution in [3.8, 4) is 11.6 Å². The molecule has 2 N–H and O–H groups in total. The van der Waals surface area contributed by atoms with E-state index in [-0.39, 0.29) is 5.54 Å². The molecule has 1 saturated heterocycles. The number of aromatic nitrogens is 1. The normalized spacial score (nSPS) is 15.2. The van der Waals surface area contributed by atoms with E-state index in [0.29, 0.717) is 17.2 Å². The van der Waals surface area contributed by atoms with Gasteiger partial charge < -0.3 is 10.5 Å². The average molecular weight is 450 g/mol. The summed E-state index contributed by atoms with van der Waals surface area (Å²) in [6.07, 6.45) is 3.67. The van der Waals surface area contributed by atoms with Gasteiger partial charge >= 0.3 is 0 Å². The van der Waals surface area contributed by atoms with Gasteiger partial charge in [0.2, 0.25) is 11.8 Å². The lowest BCUT2D eigenvalue weighted by Gasteiger charge is -2.40. The Hall–Kier alpha value is -3.96. The number of likely N-dealkylation sites (tertiary alicyclic amines) is 1. The Morgan fingerprint density at radius 2 is 1.53 bits per heavy atom. The number of nitrogens with two attached hydrogens (primary N) is 1. The van der Waals surface area contributed by atoms with Crippen LogP contribution in [0, 0.1) is 0 Å². The Balaban J connectivity index is 1.37. The zero-order chi connectivity index (χ0) is 23.4. The average Bonchev–Trinajstić information content (AvgIpc) is 3.31. The molecule has 0 bridgehead atoms. The second-order valence-electron chi connectivity index (χ2n) is 8.61. The Bertz CT molecular complexity index is 1200. The summed E-state index contributed by atoms with van der Waals surface area (Å²) >= 11 is 0. The van der Waals surface area contributed by atoms with Crippen LogP contribution >= 0.6 is 0 Å². The fourth-order valence-electron chi connectivity index (χ4n) is 4.93. The minimum atomic E-state index is -0.507. The molecule has 3 aromatic carbocycles. The van der Waals surface area contributed by atoms with E-state index in [4.69, 9.17) is 10.5 Å². The van der Waals surface area contributed by atoms with Crippen LogP contribution in [0.5, 0.6) is 11.6 Å². The summed E-state index contributed by atoms with van der Waals surface area (Å²) in [7, 11) is 0. The topological polar surface area (TPSA) is 68.5 Å². The molecule has 5 heteroatoms. The van der Waals surface area contributed by atoms with Gasteiger partial charge in [-0.2, -0.15) is 0 Å². The minimum Gasteiger partial charge on any atom is -0.439 e. The SMILES string of the molecule is NC(=O)c1ccc(Oc2ccc(CN3CCCC3(c3ccccc3)c3ccccc3)cc2)nc1. The summed E-state index contributed by atoms with van der Waals surface area (Å²) in [4.78, 5) is 18.0. The van der Waals surface area contributed by atoms with Crippen molar-refractivity contribution in [1.29, 1.82) is 0 Å². The molecule has 0 spiro atoms. The van der Waals surface area contributed by atoms with Crippen molar-refractivity contribution in [2.45, 2.75) is 24.9 Å². The van der Waals surface area contributed by atoms with Crippen LogP contribution in [0.4, 0.5) is 0 Å². The smallest absolute Gasteiger partial charge is 0.250 e. The number of primary amides is 1. The second-order valence-corrected chi connectivity index (χ2v) is 8.61. The highest BCUT2D eigenvalue weighted by atomic mass is 16.5. The molecule has 1 aliphatic heterocycles. The zero-order valence-electron chi connectivity index (χ0n) is 18.9. The van der Waals surface area contributed by atoms with Gasteiger partial charge in [0.05, 0.1) is 11.1 Å². The summed E-state index contributed by atoms with van der Waals surface area (Å²) in [6, 6.07) is 33.1. The maximum absolute atomic E-state index is 11.2. The number of hydrogen-bond acceptors (Lipinski definition) is 4. The van der Waals surface area contributed by atoms with E-state index >= 15 is 0 Å². The molecule has 34 heavy (non-hydrogen) atoms. The summed E-state index contributed by atoms with van der Waals surface area (Å²) in [5, 5.41) is 0. The molecule has 1 amide bonds. The highest BCUT2D eigenvalue weighted by Gasteiger charge is 2.43. The van der Waals surface area contributed by atoms with Crippen LogP contribution in [-0.4, -0.2) is 22.3 Å². The molecule has 2 heterocycles. The molecule has 170 valence electrons. The van der Waals surface area contributed by atoms with Crippen molar-refractivity contribution in [3.63, 3.8) is 0 Å². The summed E-state index contributed by atoms with van der Waals surface area (Å²) in [5.41, 5.74) is 9.39. The largest absolute Gasteiger partial charge is 0.439 e. The second kappa shape index (κ2) is 9.49. The van der Waals surface area contributed by atoms with Gasteiger partial charge in [0.15, 0.2) is 0 Å². The minimum absolute atomic E-state index is 0.135. The lowest BCUT2D eigenvalue weighted by Crippen LogP contribution is -2.41. The van der Waals surface area contributed by atoms with E-state index in [1.54, 1.807) is 12.1 Å². The van der Waals surface area contributed by atoms with Crippen LogP contribution < -0.4 is 10.5 Å². The Morgan fingerprint density at radius 3 is 2.09 bits per heavy atom. The van der Waals surface area contributed by atoms with Crippen molar-refractivity contribution < 1.29 is 9.53 Å². The summed E-state index contributed by atoms with van der Waals surface area (Å²) in [6.45, 7) is 1.88. The lowest BCUT2D eigenvalue weighted by molar-refractivity contribution is 0.1000.